The summed E-state index contributed by atoms with van der Waals surface area (Å²) >= 11 is 6.03. The summed E-state index contributed by atoms with van der Waals surface area (Å²) in [6, 6.07) is 4.77. The lowest BCUT2D eigenvalue weighted by Gasteiger charge is -2.18. The van der Waals surface area contributed by atoms with E-state index >= 15 is 0 Å². The first-order valence-corrected chi connectivity index (χ1v) is 6.64. The monoisotopic (exact) mass is 255 g/mol. The highest BCUT2D eigenvalue weighted by Crippen LogP contribution is 2.36. The molecule has 0 heterocycles. The molecule has 94 valence electrons. The van der Waals surface area contributed by atoms with E-state index in [1.54, 1.807) is 6.07 Å². The van der Waals surface area contributed by atoms with Crippen LogP contribution in [0.3, 0.4) is 0 Å². The quantitative estimate of drug-likeness (QED) is 0.833. The Labute approximate surface area is 107 Å². The molecule has 1 aliphatic carbocycles. The average molecular weight is 256 g/mol. The number of benzene rings is 1. The van der Waals surface area contributed by atoms with E-state index in [2.05, 4.69) is 19.2 Å². The predicted molar refractivity (Wildman–Crippen MR) is 69.7 cm³/mol. The van der Waals surface area contributed by atoms with Crippen molar-refractivity contribution < 1.29 is 4.39 Å². The fourth-order valence-electron chi connectivity index (χ4n) is 2.16. The molecule has 2 rings (SSSR count). The first-order valence-electron chi connectivity index (χ1n) is 6.26. The van der Waals surface area contributed by atoms with Gasteiger partial charge < -0.3 is 5.32 Å². The average Bonchev–Trinajstić information content (AvgIpc) is 3.09. The number of hydrogen-bond acceptors (Lipinski definition) is 1. The van der Waals surface area contributed by atoms with E-state index in [1.807, 2.05) is 0 Å². The molecule has 0 aliphatic heterocycles. The van der Waals surface area contributed by atoms with E-state index in [0.29, 0.717) is 5.02 Å². The zero-order valence-electron chi connectivity index (χ0n) is 10.3. The fourth-order valence-corrected chi connectivity index (χ4v) is 2.49. The van der Waals surface area contributed by atoms with E-state index < -0.39 is 0 Å². The normalized spacial score (nSPS) is 19.1. The minimum absolute atomic E-state index is 0.171. The van der Waals surface area contributed by atoms with Crippen LogP contribution in [0.4, 0.5) is 4.39 Å². The zero-order valence-corrected chi connectivity index (χ0v) is 11.1. The van der Waals surface area contributed by atoms with Crippen LogP contribution in [0.1, 0.15) is 38.3 Å². The van der Waals surface area contributed by atoms with Gasteiger partial charge in [-0.25, -0.2) is 4.39 Å². The fraction of sp³-hybridized carbons (Fsp3) is 0.571. The molecule has 2 unspecified atom stereocenters. The largest absolute Gasteiger partial charge is 0.310 e. The lowest BCUT2D eigenvalue weighted by molar-refractivity contribution is 0.431. The maximum absolute atomic E-state index is 12.9. The third kappa shape index (κ3) is 3.43. The van der Waals surface area contributed by atoms with E-state index in [1.165, 1.54) is 25.0 Å². The van der Waals surface area contributed by atoms with Crippen molar-refractivity contribution in [2.24, 2.45) is 11.8 Å². The van der Waals surface area contributed by atoms with Gasteiger partial charge in [-0.2, -0.15) is 0 Å². The molecule has 1 aromatic carbocycles. The maximum Gasteiger partial charge on any atom is 0.124 e. The standard InChI is InChI=1S/C14H19ClFN/c1-9(11-3-4-11)8-17-10(2)13-6-5-12(16)7-14(13)15/h5-7,9-11,17H,3-4,8H2,1-2H3. The second-order valence-electron chi connectivity index (χ2n) is 5.11. The highest BCUT2D eigenvalue weighted by Gasteiger charge is 2.27. The molecule has 2 atom stereocenters. The Balaban J connectivity index is 1.91. The lowest BCUT2D eigenvalue weighted by Crippen LogP contribution is -2.25. The molecule has 1 aromatic rings. The van der Waals surface area contributed by atoms with Crippen LogP contribution in [-0.2, 0) is 0 Å². The Bertz CT molecular complexity index is 390. The Kier molecular flexibility index (Phi) is 4.05. The van der Waals surface area contributed by atoms with Gasteiger partial charge in [-0.05, 0) is 55.8 Å². The van der Waals surface area contributed by atoms with E-state index in [-0.39, 0.29) is 11.9 Å². The van der Waals surface area contributed by atoms with Crippen molar-refractivity contribution in [1.82, 2.24) is 5.32 Å². The van der Waals surface area contributed by atoms with Crippen LogP contribution in [0.5, 0.6) is 0 Å². The zero-order chi connectivity index (χ0) is 12.4. The summed E-state index contributed by atoms with van der Waals surface area (Å²) in [5, 5.41) is 3.98. The molecule has 17 heavy (non-hydrogen) atoms. The van der Waals surface area contributed by atoms with Gasteiger partial charge in [0, 0.05) is 11.1 Å². The van der Waals surface area contributed by atoms with Crippen LogP contribution >= 0.6 is 11.6 Å². The second kappa shape index (κ2) is 5.36. The van der Waals surface area contributed by atoms with Gasteiger partial charge in [0.25, 0.3) is 0 Å². The molecule has 0 amide bonds. The molecular weight excluding hydrogens is 237 g/mol. The van der Waals surface area contributed by atoms with Gasteiger partial charge in [-0.15, -0.1) is 0 Å². The van der Waals surface area contributed by atoms with Crippen molar-refractivity contribution in [3.8, 4) is 0 Å². The number of halogens is 2. The van der Waals surface area contributed by atoms with Crippen molar-refractivity contribution in [3.05, 3.63) is 34.6 Å². The number of nitrogens with one attached hydrogen (secondary N) is 1. The third-order valence-electron chi connectivity index (χ3n) is 3.60. The van der Waals surface area contributed by atoms with Crippen molar-refractivity contribution in [1.29, 1.82) is 0 Å². The highest BCUT2D eigenvalue weighted by atomic mass is 35.5. The van der Waals surface area contributed by atoms with Crippen molar-refractivity contribution in [3.63, 3.8) is 0 Å². The molecule has 1 aliphatic rings. The van der Waals surface area contributed by atoms with Crippen molar-refractivity contribution in [2.45, 2.75) is 32.7 Å². The highest BCUT2D eigenvalue weighted by molar-refractivity contribution is 6.31. The summed E-state index contributed by atoms with van der Waals surface area (Å²) in [5.74, 6) is 1.34. The molecular formula is C14H19ClFN. The van der Waals surface area contributed by atoms with Crippen LogP contribution < -0.4 is 5.32 Å². The SMILES string of the molecule is CC(NCC(C)C1CC1)c1ccc(F)cc1Cl. The Hall–Kier alpha value is -0.600. The summed E-state index contributed by atoms with van der Waals surface area (Å²) in [6.45, 7) is 5.35. The molecule has 0 radical (unpaired) electrons. The van der Waals surface area contributed by atoms with Crippen LogP contribution in [0.2, 0.25) is 5.02 Å². The lowest BCUT2D eigenvalue weighted by atomic mass is 10.0. The second-order valence-corrected chi connectivity index (χ2v) is 5.52. The summed E-state index contributed by atoms with van der Waals surface area (Å²) < 4.78 is 12.9. The molecule has 0 saturated heterocycles. The molecule has 1 saturated carbocycles. The number of hydrogen-bond donors (Lipinski definition) is 1. The van der Waals surface area contributed by atoms with E-state index in [4.69, 9.17) is 11.6 Å². The Morgan fingerprint density at radius 3 is 2.71 bits per heavy atom. The van der Waals surface area contributed by atoms with Crippen LogP contribution in [0, 0.1) is 17.7 Å². The Morgan fingerprint density at radius 1 is 1.41 bits per heavy atom. The van der Waals surface area contributed by atoms with Crippen molar-refractivity contribution in [2.75, 3.05) is 6.54 Å². The molecule has 0 aromatic heterocycles. The molecule has 3 heteroatoms. The number of rotatable bonds is 5. The van der Waals surface area contributed by atoms with Gasteiger partial charge in [0.1, 0.15) is 5.82 Å². The van der Waals surface area contributed by atoms with Gasteiger partial charge in [-0.3, -0.25) is 0 Å². The van der Waals surface area contributed by atoms with Gasteiger partial charge in [0.2, 0.25) is 0 Å². The maximum atomic E-state index is 12.9. The van der Waals surface area contributed by atoms with Gasteiger partial charge in [0.05, 0.1) is 0 Å². The Morgan fingerprint density at radius 2 is 2.12 bits per heavy atom. The van der Waals surface area contributed by atoms with Gasteiger partial charge in [-0.1, -0.05) is 24.6 Å². The van der Waals surface area contributed by atoms with Crippen LogP contribution in [0.15, 0.2) is 18.2 Å². The van der Waals surface area contributed by atoms with E-state index in [0.717, 1.165) is 23.9 Å². The topological polar surface area (TPSA) is 12.0 Å². The summed E-state index contributed by atoms with van der Waals surface area (Å²) in [5.41, 5.74) is 0.969. The van der Waals surface area contributed by atoms with Gasteiger partial charge >= 0.3 is 0 Å². The van der Waals surface area contributed by atoms with Gasteiger partial charge in [0.15, 0.2) is 0 Å². The molecule has 1 nitrogen and oxygen atoms in total. The smallest absolute Gasteiger partial charge is 0.124 e. The first-order chi connectivity index (χ1) is 8.08. The summed E-state index contributed by atoms with van der Waals surface area (Å²) in [4.78, 5) is 0. The van der Waals surface area contributed by atoms with Crippen LogP contribution in [-0.4, -0.2) is 6.54 Å². The molecule has 1 N–H and O–H groups in total. The molecule has 0 spiro atoms. The molecule has 1 fully saturated rings. The predicted octanol–water partition coefficient (Wildman–Crippen LogP) is 4.18. The minimum Gasteiger partial charge on any atom is -0.310 e. The minimum atomic E-state index is -0.280. The van der Waals surface area contributed by atoms with Crippen molar-refractivity contribution >= 4 is 11.6 Å². The summed E-state index contributed by atoms with van der Waals surface area (Å²) in [6.07, 6.45) is 2.74. The van der Waals surface area contributed by atoms with E-state index in [9.17, 15) is 4.39 Å². The molecule has 0 bridgehead atoms. The third-order valence-corrected chi connectivity index (χ3v) is 3.93. The first kappa shape index (κ1) is 12.8. The van der Waals surface area contributed by atoms with Crippen LogP contribution in [0.25, 0.3) is 0 Å². The summed E-state index contributed by atoms with van der Waals surface area (Å²) in [7, 11) is 0.